The lowest BCUT2D eigenvalue weighted by atomic mass is 9.84. The summed E-state index contributed by atoms with van der Waals surface area (Å²) in [7, 11) is 0. The normalized spacial score (nSPS) is 20.1. The van der Waals surface area contributed by atoms with E-state index in [0.29, 0.717) is 18.5 Å². The summed E-state index contributed by atoms with van der Waals surface area (Å²) in [6, 6.07) is 11.2. The second-order valence-electron chi connectivity index (χ2n) is 7.31. The Morgan fingerprint density at radius 1 is 1.17 bits per heavy atom. The minimum absolute atomic E-state index is 0.00768. The molecule has 0 spiro atoms. The minimum atomic E-state index is -2.91. The van der Waals surface area contributed by atoms with Gasteiger partial charge in [0.15, 0.2) is 0 Å². The number of carbonyl (C=O) groups is 2. The number of cyclic esters (lactones) is 1. The van der Waals surface area contributed by atoms with Crippen LogP contribution in [0.25, 0.3) is 0 Å². The fourth-order valence-corrected chi connectivity index (χ4v) is 3.71. The lowest BCUT2D eigenvalue weighted by Gasteiger charge is -2.43. The molecule has 0 aromatic heterocycles. The van der Waals surface area contributed by atoms with Crippen molar-refractivity contribution in [2.45, 2.75) is 44.9 Å². The first-order chi connectivity index (χ1) is 14.2. The van der Waals surface area contributed by atoms with E-state index >= 15 is 0 Å². The van der Waals surface area contributed by atoms with E-state index in [9.17, 15) is 22.8 Å². The quantitative estimate of drug-likeness (QED) is 0.616. The van der Waals surface area contributed by atoms with E-state index in [2.05, 4.69) is 4.74 Å². The monoisotopic (exact) mass is 421 g/mol. The van der Waals surface area contributed by atoms with Gasteiger partial charge in [0.2, 0.25) is 0 Å². The van der Waals surface area contributed by atoms with Crippen LogP contribution in [-0.4, -0.2) is 29.9 Å². The number of hydrogen-bond acceptors (Lipinski definition) is 4. The summed E-state index contributed by atoms with van der Waals surface area (Å²) >= 11 is 0. The van der Waals surface area contributed by atoms with Gasteiger partial charge in [-0.25, -0.2) is 9.18 Å². The molecule has 160 valence electrons. The standard InChI is InChI=1S/C22H22F3NO4/c1-14(27)13-22(17-5-7-18(23)8-6-17)11-12-26(21(28)30-22)15(2)16-3-9-19(10-4-16)29-20(24)25/h3-10,15,20H,11-13H2,1-2H3/t15-,22-/m0/s1. The maximum atomic E-state index is 13.3. The van der Waals surface area contributed by atoms with Crippen molar-refractivity contribution in [1.82, 2.24) is 4.90 Å². The van der Waals surface area contributed by atoms with Crippen molar-refractivity contribution in [1.29, 1.82) is 0 Å². The summed E-state index contributed by atoms with van der Waals surface area (Å²) < 4.78 is 48.1. The highest BCUT2D eigenvalue weighted by atomic mass is 19.3. The molecule has 2 aromatic carbocycles. The average Bonchev–Trinajstić information content (AvgIpc) is 2.67. The molecule has 0 saturated carbocycles. The fraction of sp³-hybridized carbons (Fsp3) is 0.364. The molecular weight excluding hydrogens is 399 g/mol. The number of ketones is 1. The largest absolute Gasteiger partial charge is 0.437 e. The maximum absolute atomic E-state index is 13.3. The number of benzene rings is 2. The highest BCUT2D eigenvalue weighted by Gasteiger charge is 2.44. The summed E-state index contributed by atoms with van der Waals surface area (Å²) in [5, 5.41) is 0. The SMILES string of the molecule is CC(=O)C[C@]1(c2ccc(F)cc2)CCN([C@@H](C)c2ccc(OC(F)F)cc2)C(=O)O1. The van der Waals surface area contributed by atoms with Gasteiger partial charge in [-0.3, -0.25) is 4.79 Å². The summed E-state index contributed by atoms with van der Waals surface area (Å²) in [4.78, 5) is 26.2. The van der Waals surface area contributed by atoms with Crippen LogP contribution in [0.2, 0.25) is 0 Å². The zero-order valence-corrected chi connectivity index (χ0v) is 16.6. The van der Waals surface area contributed by atoms with Crippen molar-refractivity contribution in [2.24, 2.45) is 0 Å². The van der Waals surface area contributed by atoms with E-state index < -0.39 is 24.1 Å². The van der Waals surface area contributed by atoms with Crippen LogP contribution in [-0.2, 0) is 15.1 Å². The van der Waals surface area contributed by atoms with Crippen LogP contribution in [0.4, 0.5) is 18.0 Å². The molecule has 0 unspecified atom stereocenters. The van der Waals surface area contributed by atoms with Gasteiger partial charge < -0.3 is 14.4 Å². The van der Waals surface area contributed by atoms with Gasteiger partial charge in [-0.2, -0.15) is 8.78 Å². The van der Waals surface area contributed by atoms with E-state index in [1.165, 1.54) is 48.2 Å². The molecule has 1 fully saturated rings. The van der Waals surface area contributed by atoms with Crippen molar-refractivity contribution in [3.05, 3.63) is 65.5 Å². The number of carbonyl (C=O) groups excluding carboxylic acids is 2. The summed E-state index contributed by atoms with van der Waals surface area (Å²) in [5.41, 5.74) is 0.129. The molecule has 0 aliphatic carbocycles. The molecule has 0 radical (unpaired) electrons. The van der Waals surface area contributed by atoms with Crippen LogP contribution < -0.4 is 4.74 Å². The van der Waals surface area contributed by atoms with Gasteiger partial charge >= 0.3 is 12.7 Å². The molecule has 30 heavy (non-hydrogen) atoms. The second kappa shape index (κ2) is 8.77. The highest BCUT2D eigenvalue weighted by molar-refractivity contribution is 5.78. The molecule has 5 nitrogen and oxygen atoms in total. The van der Waals surface area contributed by atoms with E-state index in [-0.39, 0.29) is 24.0 Å². The van der Waals surface area contributed by atoms with Gasteiger partial charge in [-0.05, 0) is 49.2 Å². The van der Waals surface area contributed by atoms with Gasteiger partial charge in [0.05, 0.1) is 12.5 Å². The first kappa shape index (κ1) is 21.7. The third-order valence-electron chi connectivity index (χ3n) is 5.23. The van der Waals surface area contributed by atoms with Gasteiger partial charge in [0.1, 0.15) is 23.0 Å². The molecule has 0 N–H and O–H groups in total. The molecule has 2 aromatic rings. The maximum Gasteiger partial charge on any atom is 0.411 e. The zero-order chi connectivity index (χ0) is 21.9. The lowest BCUT2D eigenvalue weighted by Crippen LogP contribution is -2.49. The van der Waals surface area contributed by atoms with E-state index in [1.807, 2.05) is 0 Å². The highest BCUT2D eigenvalue weighted by Crippen LogP contribution is 2.40. The summed E-state index contributed by atoms with van der Waals surface area (Å²) in [6.45, 7) is 0.600. The Morgan fingerprint density at radius 3 is 2.33 bits per heavy atom. The Hall–Kier alpha value is -3.03. The number of rotatable bonds is 7. The lowest BCUT2D eigenvalue weighted by molar-refractivity contribution is -0.126. The van der Waals surface area contributed by atoms with Gasteiger partial charge in [0.25, 0.3) is 0 Å². The Bertz CT molecular complexity index is 902. The predicted molar refractivity (Wildman–Crippen MR) is 103 cm³/mol. The van der Waals surface area contributed by atoms with Gasteiger partial charge in [-0.1, -0.05) is 24.3 Å². The number of nitrogens with zero attached hydrogens (tertiary/aromatic N) is 1. The third-order valence-corrected chi connectivity index (χ3v) is 5.23. The molecule has 1 aliphatic heterocycles. The first-order valence-electron chi connectivity index (χ1n) is 9.50. The van der Waals surface area contributed by atoms with Crippen LogP contribution in [0.15, 0.2) is 48.5 Å². The average molecular weight is 421 g/mol. The minimum Gasteiger partial charge on any atom is -0.437 e. The predicted octanol–water partition coefficient (Wildman–Crippen LogP) is 5.21. The molecule has 1 aliphatic rings. The smallest absolute Gasteiger partial charge is 0.411 e. The van der Waals surface area contributed by atoms with E-state index in [4.69, 9.17) is 4.74 Å². The number of ether oxygens (including phenoxy) is 2. The van der Waals surface area contributed by atoms with E-state index in [1.54, 1.807) is 19.1 Å². The molecule has 3 rings (SSSR count). The molecule has 8 heteroatoms. The topological polar surface area (TPSA) is 55.8 Å². The third kappa shape index (κ3) is 4.75. The van der Waals surface area contributed by atoms with Crippen LogP contribution in [0.5, 0.6) is 5.75 Å². The number of halogens is 3. The van der Waals surface area contributed by atoms with Crippen molar-refractivity contribution >= 4 is 11.9 Å². The number of Topliss-reactive ketones (excluding diaryl/α,β-unsaturated/α-hetero) is 1. The van der Waals surface area contributed by atoms with Gasteiger partial charge in [0, 0.05) is 13.0 Å². The fourth-order valence-electron chi connectivity index (χ4n) is 3.71. The molecule has 1 saturated heterocycles. The van der Waals surface area contributed by atoms with Crippen molar-refractivity contribution in [2.75, 3.05) is 6.54 Å². The molecular formula is C22H22F3NO4. The van der Waals surface area contributed by atoms with Crippen molar-refractivity contribution in [3.63, 3.8) is 0 Å². The Labute approximate surface area is 172 Å². The Kier molecular flexibility index (Phi) is 6.34. The molecule has 1 heterocycles. The molecule has 0 bridgehead atoms. The summed E-state index contributed by atoms with van der Waals surface area (Å²) in [6.07, 6.45) is -0.264. The van der Waals surface area contributed by atoms with E-state index in [0.717, 1.165) is 5.56 Å². The number of amides is 1. The van der Waals surface area contributed by atoms with Crippen LogP contribution in [0.3, 0.4) is 0 Å². The van der Waals surface area contributed by atoms with Crippen LogP contribution in [0, 0.1) is 5.82 Å². The second-order valence-corrected chi connectivity index (χ2v) is 7.31. The first-order valence-corrected chi connectivity index (χ1v) is 9.50. The number of alkyl halides is 2. The molecule has 1 amide bonds. The molecule has 2 atom stereocenters. The number of hydrogen-bond donors (Lipinski definition) is 0. The Morgan fingerprint density at radius 2 is 1.80 bits per heavy atom. The van der Waals surface area contributed by atoms with Gasteiger partial charge in [-0.15, -0.1) is 0 Å². The van der Waals surface area contributed by atoms with Crippen LogP contribution >= 0.6 is 0 Å². The van der Waals surface area contributed by atoms with Crippen molar-refractivity contribution in [3.8, 4) is 5.75 Å². The Balaban J connectivity index is 1.78. The van der Waals surface area contributed by atoms with Crippen molar-refractivity contribution < 1.29 is 32.2 Å². The summed E-state index contributed by atoms with van der Waals surface area (Å²) in [5.74, 6) is -0.546. The zero-order valence-electron chi connectivity index (χ0n) is 16.6. The van der Waals surface area contributed by atoms with Crippen LogP contribution in [0.1, 0.15) is 43.9 Å².